The monoisotopic (exact) mass is 386 g/mol. The average molecular weight is 386 g/mol. The SMILES string of the molecule is CC(C)CC(=O)C1=C(O)C(=O)N(c2cccc3ccccc23)C1c1ccncc1. The quantitative estimate of drug-likeness (QED) is 0.687. The van der Waals surface area contributed by atoms with Crippen molar-refractivity contribution in [3.63, 3.8) is 0 Å². The zero-order valence-corrected chi connectivity index (χ0v) is 16.4. The maximum atomic E-state index is 13.2. The number of carbonyl (C=O) groups is 2. The van der Waals surface area contributed by atoms with Crippen molar-refractivity contribution >= 4 is 28.2 Å². The largest absolute Gasteiger partial charge is 0.503 e. The van der Waals surface area contributed by atoms with Gasteiger partial charge in [-0.3, -0.25) is 19.5 Å². The van der Waals surface area contributed by atoms with E-state index in [2.05, 4.69) is 4.98 Å². The van der Waals surface area contributed by atoms with Gasteiger partial charge in [0.25, 0.3) is 5.91 Å². The zero-order valence-electron chi connectivity index (χ0n) is 16.4. The Morgan fingerprint density at radius 1 is 1.07 bits per heavy atom. The summed E-state index contributed by atoms with van der Waals surface area (Å²) in [6.45, 7) is 3.88. The molecule has 0 saturated carbocycles. The van der Waals surface area contributed by atoms with Crippen LogP contribution in [-0.2, 0) is 9.59 Å². The van der Waals surface area contributed by atoms with Gasteiger partial charge in [0.1, 0.15) is 0 Å². The Labute approximate surface area is 169 Å². The summed E-state index contributed by atoms with van der Waals surface area (Å²) < 4.78 is 0. The number of amides is 1. The van der Waals surface area contributed by atoms with Crippen molar-refractivity contribution in [3.8, 4) is 0 Å². The average Bonchev–Trinajstić information content (AvgIpc) is 2.98. The molecule has 0 radical (unpaired) electrons. The molecule has 0 fully saturated rings. The highest BCUT2D eigenvalue weighted by Crippen LogP contribution is 2.43. The number of fused-ring (bicyclic) bond motifs is 1. The van der Waals surface area contributed by atoms with E-state index >= 15 is 0 Å². The standard InChI is InChI=1S/C24H22N2O3/c1-15(2)14-20(27)21-22(17-10-12-25-13-11-17)26(24(29)23(21)28)19-9-5-7-16-6-3-4-8-18(16)19/h3-13,15,22,28H,14H2,1-2H3. The summed E-state index contributed by atoms with van der Waals surface area (Å²) in [5.41, 5.74) is 1.55. The maximum Gasteiger partial charge on any atom is 0.294 e. The highest BCUT2D eigenvalue weighted by Gasteiger charge is 2.44. The number of anilines is 1. The van der Waals surface area contributed by atoms with E-state index in [-0.39, 0.29) is 23.7 Å². The Bertz CT molecular complexity index is 1110. The third kappa shape index (κ3) is 3.29. The molecule has 2 aromatic carbocycles. The summed E-state index contributed by atoms with van der Waals surface area (Å²) in [6.07, 6.45) is 3.51. The number of aliphatic hydroxyl groups excluding tert-OH is 1. The molecule has 2 heterocycles. The second kappa shape index (κ2) is 7.51. The molecule has 3 aromatic rings. The second-order valence-corrected chi connectivity index (χ2v) is 7.64. The molecule has 29 heavy (non-hydrogen) atoms. The topological polar surface area (TPSA) is 70.5 Å². The van der Waals surface area contributed by atoms with Crippen LogP contribution in [-0.4, -0.2) is 21.8 Å². The summed E-state index contributed by atoms with van der Waals surface area (Å²) in [6, 6.07) is 16.3. The lowest BCUT2D eigenvalue weighted by molar-refractivity contribution is -0.118. The Kier molecular flexibility index (Phi) is 4.89. The lowest BCUT2D eigenvalue weighted by Crippen LogP contribution is -2.31. The highest BCUT2D eigenvalue weighted by atomic mass is 16.3. The van der Waals surface area contributed by atoms with Gasteiger partial charge >= 0.3 is 0 Å². The van der Waals surface area contributed by atoms with Gasteiger partial charge < -0.3 is 5.11 Å². The van der Waals surface area contributed by atoms with Crippen molar-refractivity contribution in [2.75, 3.05) is 4.90 Å². The van der Waals surface area contributed by atoms with Crippen LogP contribution in [0.15, 0.2) is 78.3 Å². The van der Waals surface area contributed by atoms with Crippen molar-refractivity contribution in [2.24, 2.45) is 5.92 Å². The minimum absolute atomic E-state index is 0.114. The molecule has 5 nitrogen and oxygen atoms in total. The maximum absolute atomic E-state index is 13.2. The van der Waals surface area contributed by atoms with Crippen molar-refractivity contribution in [1.29, 1.82) is 0 Å². The van der Waals surface area contributed by atoms with E-state index in [0.29, 0.717) is 5.69 Å². The van der Waals surface area contributed by atoms with Crippen LogP contribution < -0.4 is 4.90 Å². The number of rotatable bonds is 5. The zero-order chi connectivity index (χ0) is 20.5. The number of nitrogens with zero attached hydrogens (tertiary/aromatic N) is 2. The van der Waals surface area contributed by atoms with Gasteiger partial charge in [-0.2, -0.15) is 0 Å². The number of hydrogen-bond acceptors (Lipinski definition) is 4. The second-order valence-electron chi connectivity index (χ2n) is 7.64. The fraction of sp³-hybridized carbons (Fsp3) is 0.208. The Morgan fingerprint density at radius 2 is 1.76 bits per heavy atom. The first kappa shape index (κ1) is 18.9. The molecule has 1 aliphatic rings. The van der Waals surface area contributed by atoms with Crippen LogP contribution in [0.25, 0.3) is 10.8 Å². The predicted octanol–water partition coefficient (Wildman–Crippen LogP) is 4.75. The van der Waals surface area contributed by atoms with Gasteiger partial charge in [0, 0.05) is 24.2 Å². The number of pyridine rings is 1. The van der Waals surface area contributed by atoms with Gasteiger partial charge in [0.05, 0.1) is 17.3 Å². The lowest BCUT2D eigenvalue weighted by Gasteiger charge is -2.28. The van der Waals surface area contributed by atoms with Crippen LogP contribution in [0.4, 0.5) is 5.69 Å². The fourth-order valence-corrected chi connectivity index (χ4v) is 3.90. The lowest BCUT2D eigenvalue weighted by atomic mass is 9.92. The van der Waals surface area contributed by atoms with E-state index in [1.54, 1.807) is 24.5 Å². The predicted molar refractivity (Wildman–Crippen MR) is 113 cm³/mol. The number of Topliss-reactive ketones (excluding diaryl/α,β-unsaturated/α-hetero) is 1. The number of benzene rings is 2. The summed E-state index contributed by atoms with van der Waals surface area (Å²) in [4.78, 5) is 31.8. The Balaban J connectivity index is 1.92. The molecule has 0 aliphatic carbocycles. The molecule has 1 N–H and O–H groups in total. The van der Waals surface area contributed by atoms with Gasteiger partial charge in [-0.1, -0.05) is 50.2 Å². The molecular formula is C24H22N2O3. The van der Waals surface area contributed by atoms with Crippen LogP contribution in [0.2, 0.25) is 0 Å². The molecule has 146 valence electrons. The first-order valence-corrected chi connectivity index (χ1v) is 9.66. The van der Waals surface area contributed by atoms with Crippen molar-refractivity contribution in [1.82, 2.24) is 4.98 Å². The molecule has 5 heteroatoms. The molecule has 1 aromatic heterocycles. The Morgan fingerprint density at radius 3 is 2.48 bits per heavy atom. The molecule has 1 atom stereocenters. The van der Waals surface area contributed by atoms with E-state index in [1.807, 2.05) is 56.3 Å². The molecule has 0 saturated heterocycles. The van der Waals surface area contributed by atoms with E-state index < -0.39 is 17.7 Å². The van der Waals surface area contributed by atoms with Crippen molar-refractivity contribution < 1.29 is 14.7 Å². The molecule has 0 spiro atoms. The van der Waals surface area contributed by atoms with Crippen LogP contribution >= 0.6 is 0 Å². The normalized spacial score (nSPS) is 16.9. The van der Waals surface area contributed by atoms with Crippen molar-refractivity contribution in [2.45, 2.75) is 26.3 Å². The first-order valence-electron chi connectivity index (χ1n) is 9.66. The number of aromatic nitrogens is 1. The molecule has 1 amide bonds. The summed E-state index contributed by atoms with van der Waals surface area (Å²) in [7, 11) is 0. The molecule has 0 bridgehead atoms. The molecule has 4 rings (SSSR count). The van der Waals surface area contributed by atoms with Crippen LogP contribution in [0.3, 0.4) is 0 Å². The summed E-state index contributed by atoms with van der Waals surface area (Å²) in [5.74, 6) is -1.13. The number of ketones is 1. The fourth-order valence-electron chi connectivity index (χ4n) is 3.90. The smallest absolute Gasteiger partial charge is 0.294 e. The third-order valence-corrected chi connectivity index (χ3v) is 5.15. The highest BCUT2D eigenvalue weighted by molar-refractivity contribution is 6.18. The number of hydrogen-bond donors (Lipinski definition) is 1. The van der Waals surface area contributed by atoms with Crippen LogP contribution in [0.1, 0.15) is 31.9 Å². The van der Waals surface area contributed by atoms with E-state index in [1.165, 1.54) is 4.90 Å². The van der Waals surface area contributed by atoms with Gasteiger partial charge in [-0.05, 0) is 35.1 Å². The van der Waals surface area contributed by atoms with Gasteiger partial charge in [-0.25, -0.2) is 0 Å². The van der Waals surface area contributed by atoms with E-state index in [0.717, 1.165) is 16.3 Å². The first-order chi connectivity index (χ1) is 14.0. The molecule has 1 aliphatic heterocycles. The Hall–Kier alpha value is -3.47. The molecule has 1 unspecified atom stereocenters. The summed E-state index contributed by atoms with van der Waals surface area (Å²) >= 11 is 0. The minimum Gasteiger partial charge on any atom is -0.503 e. The number of aliphatic hydroxyl groups is 1. The van der Waals surface area contributed by atoms with Gasteiger partial charge in [0.2, 0.25) is 0 Å². The van der Waals surface area contributed by atoms with Crippen LogP contribution in [0.5, 0.6) is 0 Å². The van der Waals surface area contributed by atoms with E-state index in [9.17, 15) is 14.7 Å². The van der Waals surface area contributed by atoms with Gasteiger partial charge in [0.15, 0.2) is 11.5 Å². The van der Waals surface area contributed by atoms with E-state index in [4.69, 9.17) is 0 Å². The van der Waals surface area contributed by atoms with Crippen LogP contribution in [0, 0.1) is 5.92 Å². The minimum atomic E-state index is -0.692. The van der Waals surface area contributed by atoms with Gasteiger partial charge in [-0.15, -0.1) is 0 Å². The summed E-state index contributed by atoms with van der Waals surface area (Å²) in [5, 5.41) is 12.6. The van der Waals surface area contributed by atoms with Crippen molar-refractivity contribution in [3.05, 3.63) is 83.9 Å². The third-order valence-electron chi connectivity index (χ3n) is 5.15. The number of carbonyl (C=O) groups excluding carboxylic acids is 2. The molecular weight excluding hydrogens is 364 g/mol.